The predicted octanol–water partition coefficient (Wildman–Crippen LogP) is 5.85. The summed E-state index contributed by atoms with van der Waals surface area (Å²) >= 11 is 10.4. The summed E-state index contributed by atoms with van der Waals surface area (Å²) in [6, 6.07) is 19.9. The number of halogens is 1. The Bertz CT molecular complexity index is 1270. The summed E-state index contributed by atoms with van der Waals surface area (Å²) < 4.78 is 7.35. The van der Waals surface area contributed by atoms with Crippen LogP contribution in [-0.4, -0.2) is 23.1 Å². The number of thiocarbonyl (C=S) groups is 1. The number of thiazole rings is 1. The van der Waals surface area contributed by atoms with Crippen molar-refractivity contribution in [3.8, 4) is 16.3 Å². The minimum atomic E-state index is -0.324. The summed E-state index contributed by atoms with van der Waals surface area (Å²) in [4.78, 5) is 17.4. The van der Waals surface area contributed by atoms with Crippen LogP contribution < -0.4 is 15.4 Å². The fourth-order valence-corrected chi connectivity index (χ4v) is 5.04. The van der Waals surface area contributed by atoms with Gasteiger partial charge in [0.1, 0.15) is 10.8 Å². The fraction of sp³-hybridized carbons (Fsp3) is 0.125. The number of carbonyl (C=O) groups excluding carboxylic acids is 1. The van der Waals surface area contributed by atoms with Crippen LogP contribution in [0, 0.1) is 6.92 Å². The molecule has 0 radical (unpaired) electrons. The number of amides is 1. The Morgan fingerprint density at radius 1 is 1.16 bits per heavy atom. The van der Waals surface area contributed by atoms with Crippen molar-refractivity contribution in [2.24, 2.45) is 0 Å². The van der Waals surface area contributed by atoms with Gasteiger partial charge in [-0.25, -0.2) is 4.98 Å². The van der Waals surface area contributed by atoms with Crippen molar-refractivity contribution < 1.29 is 9.53 Å². The molecule has 0 unspecified atom stereocenters. The maximum atomic E-state index is 12.7. The average Bonchev–Trinajstić information content (AvgIpc) is 3.22. The first kappa shape index (κ1) is 22.4. The van der Waals surface area contributed by atoms with E-state index >= 15 is 0 Å². The Balaban J connectivity index is 1.37. The minimum absolute atomic E-state index is 0.255. The number of aromatic nitrogens is 1. The zero-order chi connectivity index (χ0) is 22.7. The van der Waals surface area contributed by atoms with E-state index < -0.39 is 0 Å². The van der Waals surface area contributed by atoms with E-state index in [9.17, 15) is 4.79 Å². The molecular formula is C24H20BrN3O2S2. The lowest BCUT2D eigenvalue weighted by molar-refractivity contribution is 0.0973. The van der Waals surface area contributed by atoms with Gasteiger partial charge >= 0.3 is 0 Å². The molecule has 0 aliphatic rings. The highest BCUT2D eigenvalue weighted by Gasteiger charge is 2.16. The van der Waals surface area contributed by atoms with Crippen LogP contribution in [0.2, 0.25) is 0 Å². The van der Waals surface area contributed by atoms with Crippen LogP contribution >= 0.6 is 39.5 Å². The molecule has 4 rings (SSSR count). The minimum Gasteiger partial charge on any atom is -0.496 e. The largest absolute Gasteiger partial charge is 0.496 e. The number of benzene rings is 3. The zero-order valence-electron chi connectivity index (χ0n) is 17.4. The topological polar surface area (TPSA) is 63.2 Å². The smallest absolute Gasteiger partial charge is 0.261 e. The molecule has 0 atom stereocenters. The Hall–Kier alpha value is -2.81. The highest BCUT2D eigenvalue weighted by Crippen LogP contribution is 2.30. The van der Waals surface area contributed by atoms with E-state index in [1.807, 2.05) is 55.5 Å². The maximum absolute atomic E-state index is 12.7. The van der Waals surface area contributed by atoms with Crippen LogP contribution in [0.25, 0.3) is 20.8 Å². The van der Waals surface area contributed by atoms with Crippen LogP contribution in [0.1, 0.15) is 21.5 Å². The summed E-state index contributed by atoms with van der Waals surface area (Å²) in [5, 5.41) is 7.05. The monoisotopic (exact) mass is 525 g/mol. The third-order valence-electron chi connectivity index (χ3n) is 4.86. The van der Waals surface area contributed by atoms with E-state index in [2.05, 4.69) is 32.6 Å². The van der Waals surface area contributed by atoms with E-state index in [0.717, 1.165) is 31.7 Å². The summed E-state index contributed by atoms with van der Waals surface area (Å²) in [7, 11) is 1.54. The zero-order valence-corrected chi connectivity index (χ0v) is 20.7. The molecule has 0 aliphatic carbocycles. The van der Waals surface area contributed by atoms with Crippen molar-refractivity contribution in [2.45, 2.75) is 13.5 Å². The highest BCUT2D eigenvalue weighted by molar-refractivity contribution is 9.10. The van der Waals surface area contributed by atoms with Gasteiger partial charge in [0.2, 0.25) is 0 Å². The first-order valence-corrected chi connectivity index (χ1v) is 11.8. The Labute approximate surface area is 204 Å². The van der Waals surface area contributed by atoms with Crippen LogP contribution in [-0.2, 0) is 6.54 Å². The first-order chi connectivity index (χ1) is 15.4. The van der Waals surface area contributed by atoms with Crippen molar-refractivity contribution in [1.82, 2.24) is 15.6 Å². The second-order valence-corrected chi connectivity index (χ2v) is 9.48. The molecule has 1 amide bonds. The first-order valence-electron chi connectivity index (χ1n) is 9.83. The molecule has 0 fully saturated rings. The molecule has 0 saturated carbocycles. The lowest BCUT2D eigenvalue weighted by Gasteiger charge is -2.14. The number of aryl methyl sites for hydroxylation is 1. The van der Waals surface area contributed by atoms with Crippen LogP contribution in [0.3, 0.4) is 0 Å². The molecule has 1 heterocycles. The van der Waals surface area contributed by atoms with Gasteiger partial charge in [-0.1, -0.05) is 52.3 Å². The number of methoxy groups -OCH3 is 1. The van der Waals surface area contributed by atoms with Crippen molar-refractivity contribution in [1.29, 1.82) is 0 Å². The molecular weight excluding hydrogens is 506 g/mol. The van der Waals surface area contributed by atoms with Gasteiger partial charge < -0.3 is 10.1 Å². The molecule has 162 valence electrons. The number of nitrogens with one attached hydrogen (secondary N) is 2. The second-order valence-electron chi connectivity index (χ2n) is 7.12. The third kappa shape index (κ3) is 4.98. The summed E-state index contributed by atoms with van der Waals surface area (Å²) in [5.74, 6) is 0.203. The number of hydrogen-bond acceptors (Lipinski definition) is 5. The van der Waals surface area contributed by atoms with Gasteiger partial charge in [0, 0.05) is 16.6 Å². The molecule has 0 saturated heterocycles. The Morgan fingerprint density at radius 3 is 2.62 bits per heavy atom. The number of carbonyl (C=O) groups is 1. The van der Waals surface area contributed by atoms with Crippen LogP contribution in [0.15, 0.2) is 65.1 Å². The molecule has 1 aromatic heterocycles. The SMILES string of the molecule is COc1c(C)cc(Br)cc1C(=O)NC(=S)NCc1ccc(-c2nc3ccccc3s2)cc1. The van der Waals surface area contributed by atoms with Crippen molar-refractivity contribution >= 4 is 60.7 Å². The van der Waals surface area contributed by atoms with Gasteiger partial charge in [0.05, 0.1) is 22.9 Å². The standard InChI is InChI=1S/C24H20BrN3O2S2/c1-14-11-17(25)12-18(21(14)30-2)22(29)28-24(31)26-13-15-7-9-16(10-8-15)23-27-19-5-3-4-6-20(19)32-23/h3-12H,13H2,1-2H3,(H2,26,28,29,31). The van der Waals surface area contributed by atoms with Crippen molar-refractivity contribution in [2.75, 3.05) is 7.11 Å². The van der Waals surface area contributed by atoms with Gasteiger partial charge in [-0.15, -0.1) is 11.3 Å². The number of para-hydroxylation sites is 1. The lowest BCUT2D eigenvalue weighted by Crippen LogP contribution is -2.39. The van der Waals surface area contributed by atoms with Gasteiger partial charge in [0.15, 0.2) is 5.11 Å². The molecule has 0 aliphatic heterocycles. The molecule has 8 heteroatoms. The highest BCUT2D eigenvalue weighted by atomic mass is 79.9. The van der Waals surface area contributed by atoms with E-state index in [-0.39, 0.29) is 11.0 Å². The molecule has 2 N–H and O–H groups in total. The maximum Gasteiger partial charge on any atom is 0.261 e. The van der Waals surface area contributed by atoms with E-state index in [4.69, 9.17) is 21.9 Å². The van der Waals surface area contributed by atoms with Gasteiger partial charge in [0.25, 0.3) is 5.91 Å². The average molecular weight is 526 g/mol. The Morgan fingerprint density at radius 2 is 1.91 bits per heavy atom. The van der Waals surface area contributed by atoms with Gasteiger partial charge in [-0.3, -0.25) is 10.1 Å². The summed E-state index contributed by atoms with van der Waals surface area (Å²) in [6.07, 6.45) is 0. The molecule has 0 spiro atoms. The second kappa shape index (κ2) is 9.77. The number of nitrogens with zero attached hydrogens (tertiary/aromatic N) is 1. The predicted molar refractivity (Wildman–Crippen MR) is 137 cm³/mol. The quantitative estimate of drug-likeness (QED) is 0.320. The molecule has 0 bridgehead atoms. The van der Waals surface area contributed by atoms with Crippen molar-refractivity contribution in [3.63, 3.8) is 0 Å². The van der Waals surface area contributed by atoms with Crippen LogP contribution in [0.4, 0.5) is 0 Å². The molecule has 4 aromatic rings. The lowest BCUT2D eigenvalue weighted by atomic mass is 10.1. The third-order valence-corrected chi connectivity index (χ3v) is 6.65. The number of rotatable bonds is 5. The Kier molecular flexibility index (Phi) is 6.83. The number of hydrogen-bond donors (Lipinski definition) is 2. The van der Waals surface area contributed by atoms with E-state index in [1.165, 1.54) is 4.70 Å². The van der Waals surface area contributed by atoms with Crippen molar-refractivity contribution in [3.05, 3.63) is 81.8 Å². The van der Waals surface area contributed by atoms with Crippen LogP contribution in [0.5, 0.6) is 5.75 Å². The molecule has 32 heavy (non-hydrogen) atoms. The van der Waals surface area contributed by atoms with E-state index in [0.29, 0.717) is 17.9 Å². The van der Waals surface area contributed by atoms with Gasteiger partial charge in [-0.2, -0.15) is 0 Å². The number of fused-ring (bicyclic) bond motifs is 1. The van der Waals surface area contributed by atoms with Gasteiger partial charge in [-0.05, 0) is 54.5 Å². The normalized spacial score (nSPS) is 10.7. The van der Waals surface area contributed by atoms with E-state index in [1.54, 1.807) is 24.5 Å². The molecule has 5 nitrogen and oxygen atoms in total. The number of ether oxygens (including phenoxy) is 1. The summed E-state index contributed by atoms with van der Waals surface area (Å²) in [6.45, 7) is 2.38. The molecule has 3 aromatic carbocycles. The fourth-order valence-electron chi connectivity index (χ4n) is 3.33. The summed E-state index contributed by atoms with van der Waals surface area (Å²) in [5.41, 5.74) is 4.41.